The van der Waals surface area contributed by atoms with Crippen LogP contribution in [-0.2, 0) is 9.53 Å². The molecule has 0 aliphatic carbocycles. The van der Waals surface area contributed by atoms with Gasteiger partial charge in [-0.1, -0.05) is 18.5 Å². The second-order valence-electron chi connectivity index (χ2n) is 3.25. The number of hydrogen-bond donors (Lipinski definition) is 0. The number of hydrogen-bond acceptors (Lipinski definition) is 4. The molecule has 0 radical (unpaired) electrons. The zero-order valence-corrected chi connectivity index (χ0v) is 10.8. The molecule has 1 aromatic heterocycles. The van der Waals surface area contributed by atoms with Crippen LogP contribution in [0.15, 0.2) is 23.4 Å². The minimum absolute atomic E-state index is 0.150. The van der Waals surface area contributed by atoms with E-state index in [1.54, 1.807) is 25.3 Å². The summed E-state index contributed by atoms with van der Waals surface area (Å²) in [4.78, 5) is 15.5. The minimum atomic E-state index is -0.179. The molecule has 0 saturated carbocycles. The molecule has 88 valence electrons. The van der Waals surface area contributed by atoms with Gasteiger partial charge in [0.25, 0.3) is 0 Å². The Balaban J connectivity index is 2.46. The van der Waals surface area contributed by atoms with Crippen LogP contribution in [0.5, 0.6) is 0 Å². The maximum absolute atomic E-state index is 11.4. The monoisotopic (exact) mass is 259 g/mol. The van der Waals surface area contributed by atoms with Crippen molar-refractivity contribution in [2.24, 2.45) is 5.92 Å². The summed E-state index contributed by atoms with van der Waals surface area (Å²) < 4.78 is 4.92. The number of nitrogens with zero attached hydrogens (tertiary/aromatic N) is 1. The number of carbonyl (C=O) groups excluding carboxylic acids is 1. The Hall–Kier alpha value is -0.740. The number of esters is 1. The van der Waals surface area contributed by atoms with E-state index in [4.69, 9.17) is 16.3 Å². The second-order valence-corrected chi connectivity index (χ2v) is 4.67. The molecule has 16 heavy (non-hydrogen) atoms. The number of pyridine rings is 1. The lowest BCUT2D eigenvalue weighted by Gasteiger charge is -2.09. The molecule has 0 N–H and O–H groups in total. The first-order valence-corrected chi connectivity index (χ1v) is 6.41. The smallest absolute Gasteiger partial charge is 0.309 e. The summed E-state index contributed by atoms with van der Waals surface area (Å²) in [7, 11) is 0. The Bertz CT molecular complexity index is 360. The van der Waals surface area contributed by atoms with Gasteiger partial charge in [0, 0.05) is 11.9 Å². The number of halogens is 1. The summed E-state index contributed by atoms with van der Waals surface area (Å²) in [5.74, 6) is 0.292. The summed E-state index contributed by atoms with van der Waals surface area (Å²) in [6, 6.07) is 3.56. The van der Waals surface area contributed by atoms with Gasteiger partial charge in [-0.25, -0.2) is 4.98 Å². The van der Waals surface area contributed by atoms with Gasteiger partial charge in [0.15, 0.2) is 0 Å². The first kappa shape index (κ1) is 13.3. The molecule has 1 rings (SSSR count). The van der Waals surface area contributed by atoms with Gasteiger partial charge in [0.2, 0.25) is 0 Å². The Morgan fingerprint density at radius 2 is 2.44 bits per heavy atom. The average Bonchev–Trinajstić information content (AvgIpc) is 2.28. The first-order chi connectivity index (χ1) is 7.65. The fourth-order valence-electron chi connectivity index (χ4n) is 1.03. The molecule has 0 amide bonds. The maximum Gasteiger partial charge on any atom is 0.309 e. The van der Waals surface area contributed by atoms with Gasteiger partial charge in [-0.05, 0) is 19.1 Å². The molecule has 1 heterocycles. The van der Waals surface area contributed by atoms with Crippen molar-refractivity contribution in [1.82, 2.24) is 4.98 Å². The SMILES string of the molecule is CCOC(=O)C(C)CSc1ncccc1Cl. The fourth-order valence-corrected chi connectivity index (χ4v) is 2.20. The van der Waals surface area contributed by atoms with Crippen LogP contribution in [0.4, 0.5) is 0 Å². The second kappa shape index (κ2) is 6.76. The lowest BCUT2D eigenvalue weighted by atomic mass is 10.2. The summed E-state index contributed by atoms with van der Waals surface area (Å²) in [5.41, 5.74) is 0. The number of rotatable bonds is 5. The van der Waals surface area contributed by atoms with Crippen LogP contribution in [0.1, 0.15) is 13.8 Å². The van der Waals surface area contributed by atoms with Crippen molar-refractivity contribution in [3.8, 4) is 0 Å². The highest BCUT2D eigenvalue weighted by Gasteiger charge is 2.15. The van der Waals surface area contributed by atoms with E-state index in [-0.39, 0.29) is 11.9 Å². The van der Waals surface area contributed by atoms with E-state index >= 15 is 0 Å². The molecule has 0 bridgehead atoms. The van der Waals surface area contributed by atoms with Crippen LogP contribution in [0.3, 0.4) is 0 Å². The highest BCUT2D eigenvalue weighted by molar-refractivity contribution is 7.99. The fraction of sp³-hybridized carbons (Fsp3) is 0.455. The van der Waals surface area contributed by atoms with Crippen LogP contribution in [0, 0.1) is 5.92 Å². The van der Waals surface area contributed by atoms with Crippen LogP contribution in [0.25, 0.3) is 0 Å². The van der Waals surface area contributed by atoms with E-state index in [2.05, 4.69) is 4.98 Å². The zero-order valence-electron chi connectivity index (χ0n) is 9.27. The van der Waals surface area contributed by atoms with Gasteiger partial charge in [-0.2, -0.15) is 0 Å². The predicted octanol–water partition coefficient (Wildman–Crippen LogP) is 3.03. The molecule has 0 aliphatic heterocycles. The molecule has 5 heteroatoms. The van der Waals surface area contributed by atoms with Gasteiger partial charge in [0.1, 0.15) is 5.03 Å². The minimum Gasteiger partial charge on any atom is -0.466 e. The van der Waals surface area contributed by atoms with Crippen LogP contribution < -0.4 is 0 Å². The predicted molar refractivity (Wildman–Crippen MR) is 65.8 cm³/mol. The van der Waals surface area contributed by atoms with Gasteiger partial charge in [0.05, 0.1) is 17.5 Å². The quantitative estimate of drug-likeness (QED) is 0.602. The van der Waals surface area contributed by atoms with Crippen molar-refractivity contribution in [1.29, 1.82) is 0 Å². The van der Waals surface area contributed by atoms with Crippen LogP contribution in [-0.4, -0.2) is 23.3 Å². The van der Waals surface area contributed by atoms with Crippen LogP contribution >= 0.6 is 23.4 Å². The maximum atomic E-state index is 11.4. The summed E-state index contributed by atoms with van der Waals surface area (Å²) in [6.07, 6.45) is 1.68. The van der Waals surface area contributed by atoms with Crippen molar-refractivity contribution >= 4 is 29.3 Å². The lowest BCUT2D eigenvalue weighted by Crippen LogP contribution is -2.16. The molecular formula is C11H14ClNO2S. The third-order valence-corrected chi connectivity index (χ3v) is 3.57. The van der Waals surface area contributed by atoms with E-state index in [9.17, 15) is 4.79 Å². The van der Waals surface area contributed by atoms with E-state index in [0.29, 0.717) is 17.4 Å². The molecule has 1 atom stereocenters. The van der Waals surface area contributed by atoms with E-state index < -0.39 is 0 Å². The van der Waals surface area contributed by atoms with Crippen molar-refractivity contribution in [2.45, 2.75) is 18.9 Å². The third-order valence-electron chi connectivity index (χ3n) is 1.88. The van der Waals surface area contributed by atoms with Crippen LogP contribution in [0.2, 0.25) is 5.02 Å². The highest BCUT2D eigenvalue weighted by Crippen LogP contribution is 2.25. The third kappa shape index (κ3) is 4.02. The Kier molecular flexibility index (Phi) is 5.63. The molecule has 1 aromatic rings. The highest BCUT2D eigenvalue weighted by atomic mass is 35.5. The van der Waals surface area contributed by atoms with Gasteiger partial charge in [-0.15, -0.1) is 11.8 Å². The van der Waals surface area contributed by atoms with Crippen molar-refractivity contribution in [2.75, 3.05) is 12.4 Å². The van der Waals surface area contributed by atoms with E-state index in [0.717, 1.165) is 5.03 Å². The van der Waals surface area contributed by atoms with Gasteiger partial charge < -0.3 is 4.74 Å². The molecule has 0 fully saturated rings. The molecule has 0 saturated heterocycles. The van der Waals surface area contributed by atoms with Gasteiger partial charge in [-0.3, -0.25) is 4.79 Å². The standard InChI is InChI=1S/C11H14ClNO2S/c1-3-15-11(14)8(2)7-16-10-9(12)5-4-6-13-10/h4-6,8H,3,7H2,1-2H3. The Morgan fingerprint density at radius 1 is 1.69 bits per heavy atom. The number of aromatic nitrogens is 1. The van der Waals surface area contributed by atoms with Crippen molar-refractivity contribution in [3.05, 3.63) is 23.4 Å². The van der Waals surface area contributed by atoms with Crippen molar-refractivity contribution < 1.29 is 9.53 Å². The number of thioether (sulfide) groups is 1. The summed E-state index contributed by atoms with van der Waals surface area (Å²) in [5, 5.41) is 1.36. The summed E-state index contributed by atoms with van der Waals surface area (Å²) in [6.45, 7) is 4.05. The molecule has 0 aromatic carbocycles. The van der Waals surface area contributed by atoms with E-state index in [1.165, 1.54) is 11.8 Å². The molecule has 3 nitrogen and oxygen atoms in total. The largest absolute Gasteiger partial charge is 0.466 e. The molecular weight excluding hydrogens is 246 g/mol. The Morgan fingerprint density at radius 3 is 3.06 bits per heavy atom. The van der Waals surface area contributed by atoms with E-state index in [1.807, 2.05) is 6.92 Å². The molecule has 0 spiro atoms. The average molecular weight is 260 g/mol. The number of carbonyl (C=O) groups is 1. The number of ether oxygens (including phenoxy) is 1. The van der Waals surface area contributed by atoms with Gasteiger partial charge >= 0.3 is 5.97 Å². The summed E-state index contributed by atoms with van der Waals surface area (Å²) >= 11 is 7.41. The lowest BCUT2D eigenvalue weighted by molar-refractivity contribution is -0.146. The van der Waals surface area contributed by atoms with Crippen molar-refractivity contribution in [3.63, 3.8) is 0 Å². The normalized spacial score (nSPS) is 12.2. The topological polar surface area (TPSA) is 39.2 Å². The first-order valence-electron chi connectivity index (χ1n) is 5.05. The zero-order chi connectivity index (χ0) is 12.0. The Labute approximate surface area is 105 Å². The molecule has 1 unspecified atom stereocenters. The molecule has 0 aliphatic rings.